The van der Waals surface area contributed by atoms with Gasteiger partial charge in [-0.1, -0.05) is 42.5 Å². The maximum atomic E-state index is 13.8. The Labute approximate surface area is 236 Å². The quantitative estimate of drug-likeness (QED) is 0.561. The fourth-order valence-electron chi connectivity index (χ4n) is 6.79. The van der Waals surface area contributed by atoms with Crippen LogP contribution < -0.4 is 10.6 Å². The van der Waals surface area contributed by atoms with Crippen molar-refractivity contribution in [2.75, 3.05) is 32.8 Å². The van der Waals surface area contributed by atoms with E-state index in [4.69, 9.17) is 4.74 Å². The lowest BCUT2D eigenvalue weighted by Crippen LogP contribution is -2.59. The van der Waals surface area contributed by atoms with Gasteiger partial charge in [0.1, 0.15) is 12.1 Å². The summed E-state index contributed by atoms with van der Waals surface area (Å²) < 4.78 is 5.59. The van der Waals surface area contributed by atoms with Crippen LogP contribution in [0.1, 0.15) is 57.4 Å². The smallest absolute Gasteiger partial charge is 0.245 e. The van der Waals surface area contributed by atoms with Crippen LogP contribution in [0.3, 0.4) is 0 Å². The Balaban J connectivity index is 1.37. The molecule has 4 amide bonds. The molecule has 4 aliphatic heterocycles. The van der Waals surface area contributed by atoms with Crippen LogP contribution in [0.4, 0.5) is 0 Å². The van der Waals surface area contributed by atoms with E-state index in [1.54, 1.807) is 4.90 Å². The molecule has 9 heteroatoms. The first-order valence-electron chi connectivity index (χ1n) is 14.8. The van der Waals surface area contributed by atoms with Crippen LogP contribution in [-0.4, -0.2) is 84.4 Å². The van der Waals surface area contributed by atoms with E-state index in [1.807, 2.05) is 35.2 Å². The van der Waals surface area contributed by atoms with Gasteiger partial charge in [-0.25, -0.2) is 0 Å². The van der Waals surface area contributed by atoms with Crippen molar-refractivity contribution in [3.8, 4) is 0 Å². The summed E-state index contributed by atoms with van der Waals surface area (Å²) in [4.78, 5) is 56.6. The van der Waals surface area contributed by atoms with Crippen LogP contribution in [0, 0.1) is 11.3 Å². The number of hydrogen-bond donors (Lipinski definition) is 2. The maximum absolute atomic E-state index is 13.8. The molecule has 0 radical (unpaired) electrons. The average molecular weight is 551 g/mol. The number of likely N-dealkylation sites (tertiary alicyclic amines) is 2. The number of allylic oxidation sites excluding steroid dienone is 2. The summed E-state index contributed by atoms with van der Waals surface area (Å²) >= 11 is 0. The number of rotatable bonds is 3. The van der Waals surface area contributed by atoms with Gasteiger partial charge in [0.15, 0.2) is 0 Å². The van der Waals surface area contributed by atoms with Gasteiger partial charge in [0.05, 0.1) is 5.41 Å². The Morgan fingerprint density at radius 3 is 2.55 bits per heavy atom. The van der Waals surface area contributed by atoms with Gasteiger partial charge in [-0.05, 0) is 50.5 Å². The first-order valence-corrected chi connectivity index (χ1v) is 14.8. The van der Waals surface area contributed by atoms with Crippen molar-refractivity contribution >= 4 is 23.6 Å². The molecule has 9 nitrogen and oxygen atoms in total. The molecule has 4 heterocycles. The second-order valence-electron chi connectivity index (χ2n) is 11.8. The highest BCUT2D eigenvalue weighted by Gasteiger charge is 2.42. The van der Waals surface area contributed by atoms with Crippen molar-refractivity contribution in [2.24, 2.45) is 11.3 Å². The molecule has 0 aromatic heterocycles. The molecule has 1 aromatic rings. The molecule has 0 bridgehead atoms. The second kappa shape index (κ2) is 12.5. The predicted molar refractivity (Wildman–Crippen MR) is 150 cm³/mol. The highest BCUT2D eigenvalue weighted by atomic mass is 16.5. The van der Waals surface area contributed by atoms with Crippen LogP contribution in [0.2, 0.25) is 0 Å². The van der Waals surface area contributed by atoms with Crippen LogP contribution in [-0.2, 0) is 30.3 Å². The minimum absolute atomic E-state index is 0.0166. The zero-order valence-corrected chi connectivity index (χ0v) is 23.5. The topological polar surface area (TPSA) is 108 Å². The van der Waals surface area contributed by atoms with Crippen LogP contribution >= 0.6 is 0 Å². The molecule has 1 spiro atoms. The third-order valence-electron chi connectivity index (χ3n) is 9.27. The monoisotopic (exact) mass is 550 g/mol. The summed E-state index contributed by atoms with van der Waals surface area (Å²) in [5.41, 5.74) is 0.384. The van der Waals surface area contributed by atoms with E-state index >= 15 is 0 Å². The minimum atomic E-state index is -0.694. The second-order valence-corrected chi connectivity index (χ2v) is 11.8. The van der Waals surface area contributed by atoms with Crippen molar-refractivity contribution in [3.05, 3.63) is 48.0 Å². The standard InChI is InChI=1S/C31H42N4O5/c1-22(36)35-16-7-11-27(35)29(38)34-17-12-25-24(21-34)10-5-6-13-31(14-18-40-19-15-31)30(39)33-26(28(37)32-25)20-23-8-3-2-4-9-23/h2-6,8-9,24-27H,7,10-21H2,1H3,(H,32,37)(H,33,39)/b6-5+/t24-,25+,26+,27-/m1/s1. The Morgan fingerprint density at radius 1 is 1.02 bits per heavy atom. The molecular weight excluding hydrogens is 508 g/mol. The summed E-state index contributed by atoms with van der Waals surface area (Å²) in [6, 6.07) is 8.58. The largest absolute Gasteiger partial charge is 0.381 e. The Hall–Kier alpha value is -3.20. The van der Waals surface area contributed by atoms with Crippen molar-refractivity contribution in [1.82, 2.24) is 20.4 Å². The van der Waals surface area contributed by atoms with Gasteiger partial charge in [0.2, 0.25) is 23.6 Å². The molecule has 40 heavy (non-hydrogen) atoms. The number of amides is 4. The summed E-state index contributed by atoms with van der Waals surface area (Å²) in [5.74, 6) is -0.260. The van der Waals surface area contributed by atoms with E-state index in [0.717, 1.165) is 12.0 Å². The molecule has 4 atom stereocenters. The van der Waals surface area contributed by atoms with Crippen LogP contribution in [0.5, 0.6) is 0 Å². The molecule has 3 fully saturated rings. The number of benzene rings is 1. The third kappa shape index (κ3) is 6.24. The molecule has 0 saturated carbocycles. The number of nitrogens with zero attached hydrogens (tertiary/aromatic N) is 2. The lowest BCUT2D eigenvalue weighted by atomic mass is 9.75. The lowest BCUT2D eigenvalue weighted by Gasteiger charge is -2.41. The normalized spacial score (nSPS) is 29.9. The molecule has 1 aromatic carbocycles. The number of carbonyl (C=O) groups excluding carboxylic acids is 4. The summed E-state index contributed by atoms with van der Waals surface area (Å²) in [7, 11) is 0. The molecule has 216 valence electrons. The summed E-state index contributed by atoms with van der Waals surface area (Å²) in [6.45, 7) is 4.27. The van der Waals surface area contributed by atoms with Crippen molar-refractivity contribution in [1.29, 1.82) is 0 Å². The number of fused-ring (bicyclic) bond motifs is 1. The van der Waals surface area contributed by atoms with Gasteiger partial charge in [0.25, 0.3) is 0 Å². The fourth-order valence-corrected chi connectivity index (χ4v) is 6.79. The molecule has 4 aliphatic rings. The van der Waals surface area contributed by atoms with Crippen molar-refractivity contribution < 1.29 is 23.9 Å². The lowest BCUT2D eigenvalue weighted by molar-refractivity contribution is -0.144. The first kappa shape index (κ1) is 28.3. The molecule has 0 unspecified atom stereocenters. The number of nitrogens with one attached hydrogen (secondary N) is 2. The first-order chi connectivity index (χ1) is 19.4. The highest BCUT2D eigenvalue weighted by molar-refractivity contribution is 5.91. The summed E-state index contributed by atoms with van der Waals surface area (Å²) in [6.07, 6.45) is 9.33. The van der Waals surface area contributed by atoms with Crippen molar-refractivity contribution in [2.45, 2.75) is 76.4 Å². The number of carbonyl (C=O) groups is 4. The van der Waals surface area contributed by atoms with E-state index < -0.39 is 11.5 Å². The molecular formula is C31H42N4O5. The van der Waals surface area contributed by atoms with Gasteiger partial charge in [-0.2, -0.15) is 0 Å². The molecule has 3 saturated heterocycles. The van der Waals surface area contributed by atoms with Crippen molar-refractivity contribution in [3.63, 3.8) is 0 Å². The number of ether oxygens (including phenoxy) is 1. The van der Waals surface area contributed by atoms with Gasteiger partial charge < -0.3 is 25.2 Å². The van der Waals surface area contributed by atoms with Gasteiger partial charge in [-0.3, -0.25) is 19.2 Å². The number of piperidine rings is 1. The van der Waals surface area contributed by atoms with E-state index in [1.165, 1.54) is 6.92 Å². The minimum Gasteiger partial charge on any atom is -0.381 e. The highest BCUT2D eigenvalue weighted by Crippen LogP contribution is 2.36. The van der Waals surface area contributed by atoms with E-state index in [0.29, 0.717) is 77.8 Å². The van der Waals surface area contributed by atoms with Crippen LogP contribution in [0.15, 0.2) is 42.5 Å². The maximum Gasteiger partial charge on any atom is 0.245 e. The third-order valence-corrected chi connectivity index (χ3v) is 9.27. The Morgan fingerprint density at radius 2 is 1.80 bits per heavy atom. The van der Waals surface area contributed by atoms with E-state index in [2.05, 4.69) is 22.8 Å². The van der Waals surface area contributed by atoms with E-state index in [-0.39, 0.29) is 41.6 Å². The summed E-state index contributed by atoms with van der Waals surface area (Å²) in [5, 5.41) is 6.39. The van der Waals surface area contributed by atoms with Gasteiger partial charge in [-0.15, -0.1) is 0 Å². The fraction of sp³-hybridized carbons (Fsp3) is 0.613. The van der Waals surface area contributed by atoms with Gasteiger partial charge in [0, 0.05) is 58.2 Å². The zero-order chi connectivity index (χ0) is 28.1. The predicted octanol–water partition coefficient (Wildman–Crippen LogP) is 2.20. The number of hydrogen-bond acceptors (Lipinski definition) is 5. The molecule has 2 N–H and O–H groups in total. The Bertz CT molecular complexity index is 1120. The zero-order valence-electron chi connectivity index (χ0n) is 23.5. The Kier molecular flexibility index (Phi) is 8.88. The SMILES string of the molecule is CC(=O)N1CCC[C@@H]1C(=O)N1CC[C@@H]2NC(=O)[C@H](Cc3ccccc3)NC(=O)C3(C/C=C/C[C@@H]2C1)CCOCC3. The van der Waals surface area contributed by atoms with Crippen LogP contribution in [0.25, 0.3) is 0 Å². The van der Waals surface area contributed by atoms with E-state index in [9.17, 15) is 19.2 Å². The average Bonchev–Trinajstić information content (AvgIpc) is 3.46. The molecule has 5 rings (SSSR count). The van der Waals surface area contributed by atoms with Gasteiger partial charge >= 0.3 is 0 Å². The molecule has 0 aliphatic carbocycles.